The molecule has 0 radical (unpaired) electrons. The highest BCUT2D eigenvalue weighted by molar-refractivity contribution is 5.47. The Morgan fingerprint density at radius 3 is 2.56 bits per heavy atom. The summed E-state index contributed by atoms with van der Waals surface area (Å²) in [7, 11) is 0. The van der Waals surface area contributed by atoms with Crippen LogP contribution in [0.5, 0.6) is 17.2 Å². The summed E-state index contributed by atoms with van der Waals surface area (Å²) in [6.07, 6.45) is 0. The number of hydrogen-bond acceptors (Lipinski definition) is 4. The van der Waals surface area contributed by atoms with Gasteiger partial charge in [-0.05, 0) is 31.2 Å². The first kappa shape index (κ1) is 11.9. The first-order chi connectivity index (χ1) is 8.58. The van der Waals surface area contributed by atoms with Crippen molar-refractivity contribution in [2.75, 3.05) is 0 Å². The number of para-hydroxylation sites is 2. The number of aryl methyl sites for hydroxylation is 1. The number of phenolic OH excluding ortho intramolecular Hbond substituents is 1. The second-order valence-corrected chi connectivity index (χ2v) is 3.78. The van der Waals surface area contributed by atoms with Crippen LogP contribution < -0.4 is 4.74 Å². The lowest BCUT2D eigenvalue weighted by Gasteiger charge is -2.07. The van der Waals surface area contributed by atoms with E-state index < -0.39 is 4.92 Å². The molecule has 0 saturated heterocycles. The molecule has 0 aromatic heterocycles. The van der Waals surface area contributed by atoms with Gasteiger partial charge < -0.3 is 9.84 Å². The second kappa shape index (κ2) is 4.75. The normalized spacial score (nSPS) is 10.1. The van der Waals surface area contributed by atoms with Gasteiger partial charge in [0.1, 0.15) is 5.75 Å². The lowest BCUT2D eigenvalue weighted by molar-refractivity contribution is -0.385. The van der Waals surface area contributed by atoms with E-state index in [1.54, 1.807) is 31.2 Å². The second-order valence-electron chi connectivity index (χ2n) is 3.78. The summed E-state index contributed by atoms with van der Waals surface area (Å²) >= 11 is 0. The molecule has 5 nitrogen and oxygen atoms in total. The predicted molar refractivity (Wildman–Crippen MR) is 66.0 cm³/mol. The summed E-state index contributed by atoms with van der Waals surface area (Å²) in [6, 6.07) is 11.0. The van der Waals surface area contributed by atoms with Crippen LogP contribution in [0.15, 0.2) is 42.5 Å². The van der Waals surface area contributed by atoms with Crippen molar-refractivity contribution in [3.05, 3.63) is 58.1 Å². The van der Waals surface area contributed by atoms with Crippen molar-refractivity contribution in [2.45, 2.75) is 6.92 Å². The molecule has 0 fully saturated rings. The number of nitro groups is 1. The van der Waals surface area contributed by atoms with Gasteiger partial charge in [-0.1, -0.05) is 12.1 Å². The van der Waals surface area contributed by atoms with E-state index in [2.05, 4.69) is 0 Å². The SMILES string of the molecule is Cc1cc(Oc2ccccc2O)ccc1[N+](=O)[O-]. The molecule has 0 unspecified atom stereocenters. The standard InChI is InChI=1S/C13H11NO4/c1-9-8-10(6-7-11(9)14(16)17)18-13-5-3-2-4-12(13)15/h2-8,15H,1H3. The van der Waals surface area contributed by atoms with Crippen molar-refractivity contribution in [1.29, 1.82) is 0 Å². The van der Waals surface area contributed by atoms with Gasteiger partial charge in [0.25, 0.3) is 5.69 Å². The van der Waals surface area contributed by atoms with E-state index in [9.17, 15) is 15.2 Å². The Hall–Kier alpha value is -2.56. The van der Waals surface area contributed by atoms with E-state index in [0.717, 1.165) is 0 Å². The van der Waals surface area contributed by atoms with Crippen molar-refractivity contribution < 1.29 is 14.8 Å². The number of nitrogens with zero attached hydrogens (tertiary/aromatic N) is 1. The maximum atomic E-state index is 10.7. The maximum Gasteiger partial charge on any atom is 0.272 e. The van der Waals surface area contributed by atoms with Crippen molar-refractivity contribution >= 4 is 5.69 Å². The van der Waals surface area contributed by atoms with Gasteiger partial charge in [0.2, 0.25) is 0 Å². The Balaban J connectivity index is 2.29. The molecule has 0 atom stereocenters. The molecule has 18 heavy (non-hydrogen) atoms. The van der Waals surface area contributed by atoms with E-state index in [4.69, 9.17) is 4.74 Å². The molecule has 0 saturated carbocycles. The van der Waals surface area contributed by atoms with Gasteiger partial charge in [-0.15, -0.1) is 0 Å². The van der Waals surface area contributed by atoms with Crippen LogP contribution in [0.25, 0.3) is 0 Å². The van der Waals surface area contributed by atoms with E-state index >= 15 is 0 Å². The van der Waals surface area contributed by atoms with Gasteiger partial charge in [-0.3, -0.25) is 10.1 Å². The lowest BCUT2D eigenvalue weighted by Crippen LogP contribution is -1.92. The van der Waals surface area contributed by atoms with E-state index in [-0.39, 0.29) is 11.4 Å². The summed E-state index contributed by atoms with van der Waals surface area (Å²) < 4.78 is 5.45. The van der Waals surface area contributed by atoms with Crippen LogP contribution in [-0.2, 0) is 0 Å². The number of phenols is 1. The molecule has 0 aliphatic heterocycles. The number of nitro benzene ring substituents is 1. The molecule has 0 aliphatic carbocycles. The average Bonchev–Trinajstić information content (AvgIpc) is 2.32. The molecule has 0 heterocycles. The molecule has 1 N–H and O–H groups in total. The van der Waals surface area contributed by atoms with Gasteiger partial charge in [-0.25, -0.2) is 0 Å². The van der Waals surface area contributed by atoms with Gasteiger partial charge in [0, 0.05) is 11.6 Å². The Morgan fingerprint density at radius 2 is 1.94 bits per heavy atom. The van der Waals surface area contributed by atoms with Gasteiger partial charge in [0.05, 0.1) is 4.92 Å². The monoisotopic (exact) mass is 245 g/mol. The largest absolute Gasteiger partial charge is 0.504 e. The zero-order valence-corrected chi connectivity index (χ0v) is 9.66. The fourth-order valence-electron chi connectivity index (χ4n) is 1.57. The fourth-order valence-corrected chi connectivity index (χ4v) is 1.57. The minimum Gasteiger partial charge on any atom is -0.504 e. The van der Waals surface area contributed by atoms with Crippen LogP contribution in [0.2, 0.25) is 0 Å². The zero-order chi connectivity index (χ0) is 13.1. The number of rotatable bonds is 3. The molecule has 0 amide bonds. The smallest absolute Gasteiger partial charge is 0.272 e. The van der Waals surface area contributed by atoms with Gasteiger partial charge >= 0.3 is 0 Å². The number of benzene rings is 2. The summed E-state index contributed by atoms with van der Waals surface area (Å²) in [5.41, 5.74) is 0.549. The number of ether oxygens (including phenoxy) is 1. The summed E-state index contributed by atoms with van der Waals surface area (Å²) in [5, 5.41) is 20.2. The number of hydrogen-bond donors (Lipinski definition) is 1. The zero-order valence-electron chi connectivity index (χ0n) is 9.66. The first-order valence-corrected chi connectivity index (χ1v) is 5.29. The Bertz CT molecular complexity index is 595. The van der Waals surface area contributed by atoms with Crippen LogP contribution in [0, 0.1) is 17.0 Å². The van der Waals surface area contributed by atoms with Crippen LogP contribution >= 0.6 is 0 Å². The Labute approximate surface area is 103 Å². The fraction of sp³-hybridized carbons (Fsp3) is 0.0769. The first-order valence-electron chi connectivity index (χ1n) is 5.29. The highest BCUT2D eigenvalue weighted by Gasteiger charge is 2.11. The highest BCUT2D eigenvalue weighted by atomic mass is 16.6. The molecule has 92 valence electrons. The highest BCUT2D eigenvalue weighted by Crippen LogP contribution is 2.31. The third kappa shape index (κ3) is 2.40. The molecule has 0 bridgehead atoms. The minimum atomic E-state index is -0.445. The van der Waals surface area contributed by atoms with Gasteiger partial charge in [-0.2, -0.15) is 0 Å². The van der Waals surface area contributed by atoms with Crippen LogP contribution in [0.3, 0.4) is 0 Å². The maximum absolute atomic E-state index is 10.7. The van der Waals surface area contributed by atoms with Crippen LogP contribution in [0.1, 0.15) is 5.56 Å². The van der Waals surface area contributed by atoms with Crippen molar-refractivity contribution in [3.8, 4) is 17.2 Å². The molecule has 2 rings (SSSR count). The summed E-state index contributed by atoms with van der Waals surface area (Å²) in [6.45, 7) is 1.63. The molecule has 2 aromatic rings. The van der Waals surface area contributed by atoms with Crippen molar-refractivity contribution in [2.24, 2.45) is 0 Å². The third-order valence-electron chi connectivity index (χ3n) is 2.46. The predicted octanol–water partition coefficient (Wildman–Crippen LogP) is 3.40. The van der Waals surface area contributed by atoms with Crippen molar-refractivity contribution in [3.63, 3.8) is 0 Å². The number of aromatic hydroxyl groups is 1. The van der Waals surface area contributed by atoms with Crippen LogP contribution in [0.4, 0.5) is 5.69 Å². The topological polar surface area (TPSA) is 72.6 Å². The average molecular weight is 245 g/mol. The van der Waals surface area contributed by atoms with E-state index in [1.807, 2.05) is 0 Å². The molecular weight excluding hydrogens is 234 g/mol. The molecular formula is C13H11NO4. The molecule has 0 aliphatic rings. The lowest BCUT2D eigenvalue weighted by atomic mass is 10.2. The molecule has 0 spiro atoms. The Kier molecular flexibility index (Phi) is 3.14. The van der Waals surface area contributed by atoms with Crippen LogP contribution in [-0.4, -0.2) is 10.0 Å². The van der Waals surface area contributed by atoms with E-state index in [1.165, 1.54) is 18.2 Å². The quantitative estimate of drug-likeness (QED) is 0.664. The molecule has 5 heteroatoms. The Morgan fingerprint density at radius 1 is 1.22 bits per heavy atom. The summed E-state index contributed by atoms with van der Waals surface area (Å²) in [4.78, 5) is 10.2. The van der Waals surface area contributed by atoms with E-state index in [0.29, 0.717) is 17.1 Å². The van der Waals surface area contributed by atoms with Gasteiger partial charge in [0.15, 0.2) is 11.5 Å². The van der Waals surface area contributed by atoms with Crippen molar-refractivity contribution in [1.82, 2.24) is 0 Å². The molecule has 2 aromatic carbocycles. The third-order valence-corrected chi connectivity index (χ3v) is 2.46. The summed E-state index contributed by atoms with van der Waals surface area (Å²) in [5.74, 6) is 0.777. The minimum absolute atomic E-state index is 0.0218.